The Hall–Kier alpha value is -3.75. The zero-order valence-corrected chi connectivity index (χ0v) is 20.4. The molecule has 1 amide bonds. The van der Waals surface area contributed by atoms with E-state index in [1.165, 1.54) is 11.3 Å². The highest BCUT2D eigenvalue weighted by Gasteiger charge is 2.13. The van der Waals surface area contributed by atoms with Gasteiger partial charge in [-0.2, -0.15) is 4.99 Å². The molecule has 0 saturated carbocycles. The number of rotatable bonds is 9. The molecule has 1 aromatic heterocycles. The van der Waals surface area contributed by atoms with Gasteiger partial charge in [0.1, 0.15) is 11.5 Å². The van der Waals surface area contributed by atoms with E-state index in [1.807, 2.05) is 47.9 Å². The molecule has 35 heavy (non-hydrogen) atoms. The molecule has 1 heterocycles. The van der Waals surface area contributed by atoms with Gasteiger partial charge >= 0.3 is 5.97 Å². The lowest BCUT2D eigenvalue weighted by molar-refractivity contribution is 0.0526. The average Bonchev–Trinajstić information content (AvgIpc) is 3.21. The molecule has 4 rings (SSSR count). The van der Waals surface area contributed by atoms with Gasteiger partial charge in [-0.05, 0) is 68.4 Å². The standard InChI is InChI=1S/C27H26N2O5S/c1-3-32-17-16-29-23-15-12-20(26(31)33-4-2)18-24(23)35-27(29)28-25(30)19-10-13-22(14-11-19)34-21-8-6-5-7-9-21/h5-15,18H,3-4,16-17H2,1-2H3. The van der Waals surface area contributed by atoms with E-state index in [0.717, 1.165) is 16.0 Å². The molecule has 0 aliphatic carbocycles. The average molecular weight is 491 g/mol. The number of carbonyl (C=O) groups excluding carboxylic acids is 2. The summed E-state index contributed by atoms with van der Waals surface area (Å²) in [6.07, 6.45) is 0. The molecule has 0 unspecified atom stereocenters. The van der Waals surface area contributed by atoms with Gasteiger partial charge < -0.3 is 18.8 Å². The van der Waals surface area contributed by atoms with Crippen molar-refractivity contribution in [3.05, 3.63) is 88.7 Å². The Morgan fingerprint density at radius 1 is 0.886 bits per heavy atom. The normalized spacial score (nSPS) is 11.5. The Bertz CT molecular complexity index is 1370. The van der Waals surface area contributed by atoms with E-state index < -0.39 is 0 Å². The zero-order chi connectivity index (χ0) is 24.6. The summed E-state index contributed by atoms with van der Waals surface area (Å²) in [4.78, 5) is 30.1. The molecule has 8 heteroatoms. The Labute approximate surface area is 207 Å². The molecule has 0 N–H and O–H groups in total. The Balaban J connectivity index is 1.63. The van der Waals surface area contributed by atoms with Crippen molar-refractivity contribution < 1.29 is 23.8 Å². The molecule has 0 saturated heterocycles. The van der Waals surface area contributed by atoms with Crippen molar-refractivity contribution in [1.82, 2.24) is 4.57 Å². The van der Waals surface area contributed by atoms with E-state index in [9.17, 15) is 9.59 Å². The van der Waals surface area contributed by atoms with Crippen LogP contribution in [-0.2, 0) is 16.0 Å². The van der Waals surface area contributed by atoms with Crippen molar-refractivity contribution in [2.75, 3.05) is 19.8 Å². The summed E-state index contributed by atoms with van der Waals surface area (Å²) in [6, 6.07) is 21.7. The largest absolute Gasteiger partial charge is 0.462 e. The fraction of sp³-hybridized carbons (Fsp3) is 0.222. The topological polar surface area (TPSA) is 79.1 Å². The molecule has 0 bridgehead atoms. The van der Waals surface area contributed by atoms with E-state index in [1.54, 1.807) is 43.3 Å². The zero-order valence-electron chi connectivity index (χ0n) is 19.6. The number of nitrogens with zero attached hydrogens (tertiary/aromatic N) is 2. The predicted octanol–water partition coefficient (Wildman–Crippen LogP) is 5.45. The van der Waals surface area contributed by atoms with Crippen LogP contribution in [0.1, 0.15) is 34.6 Å². The number of fused-ring (bicyclic) bond motifs is 1. The predicted molar refractivity (Wildman–Crippen MR) is 135 cm³/mol. The third kappa shape index (κ3) is 6.03. The molecule has 7 nitrogen and oxygen atoms in total. The maximum Gasteiger partial charge on any atom is 0.338 e. The van der Waals surface area contributed by atoms with E-state index in [-0.39, 0.29) is 11.9 Å². The van der Waals surface area contributed by atoms with Gasteiger partial charge in [0.05, 0.1) is 29.0 Å². The minimum absolute atomic E-state index is 0.305. The van der Waals surface area contributed by atoms with Crippen LogP contribution in [-0.4, -0.2) is 36.3 Å². The van der Waals surface area contributed by atoms with Crippen LogP contribution in [0.5, 0.6) is 11.5 Å². The first kappa shape index (κ1) is 24.4. The van der Waals surface area contributed by atoms with Gasteiger partial charge in [-0.1, -0.05) is 29.5 Å². The molecule has 0 radical (unpaired) electrons. The van der Waals surface area contributed by atoms with Crippen molar-refractivity contribution in [3.8, 4) is 11.5 Å². The quantitative estimate of drug-likeness (QED) is 0.230. The highest BCUT2D eigenvalue weighted by Crippen LogP contribution is 2.22. The number of hydrogen-bond donors (Lipinski definition) is 0. The molecule has 0 aliphatic rings. The minimum Gasteiger partial charge on any atom is -0.462 e. The van der Waals surface area contributed by atoms with Gasteiger partial charge in [0.25, 0.3) is 5.91 Å². The summed E-state index contributed by atoms with van der Waals surface area (Å²) < 4.78 is 19.2. The highest BCUT2D eigenvalue weighted by molar-refractivity contribution is 7.16. The van der Waals surface area contributed by atoms with Crippen LogP contribution < -0.4 is 9.54 Å². The lowest BCUT2D eigenvalue weighted by atomic mass is 10.2. The Kier molecular flexibility index (Phi) is 8.07. The van der Waals surface area contributed by atoms with Gasteiger partial charge in [0, 0.05) is 18.7 Å². The molecule has 3 aromatic carbocycles. The second kappa shape index (κ2) is 11.6. The van der Waals surface area contributed by atoms with Crippen LogP contribution in [0.2, 0.25) is 0 Å². The first-order valence-electron chi connectivity index (χ1n) is 11.4. The first-order valence-corrected chi connectivity index (χ1v) is 12.2. The second-order valence-electron chi connectivity index (χ2n) is 7.49. The van der Waals surface area contributed by atoms with Crippen molar-refractivity contribution in [3.63, 3.8) is 0 Å². The highest BCUT2D eigenvalue weighted by atomic mass is 32.1. The van der Waals surface area contributed by atoms with Gasteiger partial charge in [-0.25, -0.2) is 4.79 Å². The number of hydrogen-bond acceptors (Lipinski definition) is 6. The number of carbonyl (C=O) groups is 2. The minimum atomic E-state index is -0.379. The lowest BCUT2D eigenvalue weighted by Gasteiger charge is -2.07. The smallest absolute Gasteiger partial charge is 0.338 e. The number of benzene rings is 3. The van der Waals surface area contributed by atoms with Gasteiger partial charge in [0.2, 0.25) is 0 Å². The molecule has 4 aromatic rings. The van der Waals surface area contributed by atoms with E-state index >= 15 is 0 Å². The van der Waals surface area contributed by atoms with Crippen LogP contribution in [0, 0.1) is 0 Å². The van der Waals surface area contributed by atoms with Crippen LogP contribution in [0.15, 0.2) is 77.8 Å². The second-order valence-corrected chi connectivity index (χ2v) is 8.50. The Morgan fingerprint density at radius 2 is 1.60 bits per heavy atom. The SMILES string of the molecule is CCOCCn1c(=NC(=O)c2ccc(Oc3ccccc3)cc2)sc2cc(C(=O)OCC)ccc21. The van der Waals surface area contributed by atoms with E-state index in [4.69, 9.17) is 14.2 Å². The maximum atomic E-state index is 13.0. The monoisotopic (exact) mass is 490 g/mol. The van der Waals surface area contributed by atoms with Crippen molar-refractivity contribution in [2.24, 2.45) is 4.99 Å². The third-order valence-electron chi connectivity index (χ3n) is 5.13. The summed E-state index contributed by atoms with van der Waals surface area (Å²) in [6.45, 7) is 5.62. The molecular formula is C27H26N2O5S. The van der Waals surface area contributed by atoms with Crippen LogP contribution >= 0.6 is 11.3 Å². The van der Waals surface area contributed by atoms with Crippen molar-refractivity contribution in [1.29, 1.82) is 0 Å². The van der Waals surface area contributed by atoms with Crippen molar-refractivity contribution in [2.45, 2.75) is 20.4 Å². The fourth-order valence-electron chi connectivity index (χ4n) is 3.46. The van der Waals surface area contributed by atoms with Crippen LogP contribution in [0.3, 0.4) is 0 Å². The number of ether oxygens (including phenoxy) is 3. The lowest BCUT2D eigenvalue weighted by Crippen LogP contribution is -2.19. The number of thiazole rings is 1. The fourth-order valence-corrected chi connectivity index (χ4v) is 4.55. The maximum absolute atomic E-state index is 13.0. The summed E-state index contributed by atoms with van der Waals surface area (Å²) in [5.74, 6) is 0.613. The van der Waals surface area contributed by atoms with Gasteiger partial charge in [-0.3, -0.25) is 4.79 Å². The van der Waals surface area contributed by atoms with E-state index in [0.29, 0.717) is 48.0 Å². The Morgan fingerprint density at radius 3 is 2.31 bits per heavy atom. The molecular weight excluding hydrogens is 464 g/mol. The summed E-state index contributed by atoms with van der Waals surface area (Å²) >= 11 is 1.35. The number of para-hydroxylation sites is 1. The number of esters is 1. The van der Waals surface area contributed by atoms with Gasteiger partial charge in [-0.15, -0.1) is 0 Å². The van der Waals surface area contributed by atoms with Gasteiger partial charge in [0.15, 0.2) is 4.80 Å². The van der Waals surface area contributed by atoms with Crippen LogP contribution in [0.4, 0.5) is 0 Å². The molecule has 180 valence electrons. The summed E-state index contributed by atoms with van der Waals surface area (Å²) in [5, 5.41) is 0. The molecule has 0 aliphatic heterocycles. The summed E-state index contributed by atoms with van der Waals surface area (Å²) in [7, 11) is 0. The van der Waals surface area contributed by atoms with Crippen LogP contribution in [0.25, 0.3) is 10.2 Å². The summed E-state index contributed by atoms with van der Waals surface area (Å²) in [5.41, 5.74) is 1.79. The molecule has 0 spiro atoms. The molecule has 0 fully saturated rings. The molecule has 0 atom stereocenters. The first-order chi connectivity index (χ1) is 17.1. The van der Waals surface area contributed by atoms with Crippen molar-refractivity contribution >= 4 is 33.4 Å². The number of amides is 1. The third-order valence-corrected chi connectivity index (χ3v) is 6.18. The van der Waals surface area contributed by atoms with E-state index in [2.05, 4.69) is 4.99 Å². The number of aromatic nitrogens is 1.